The Morgan fingerprint density at radius 2 is 2.07 bits per heavy atom. The van der Waals surface area contributed by atoms with E-state index in [1.807, 2.05) is 0 Å². The van der Waals surface area contributed by atoms with Gasteiger partial charge in [-0.1, -0.05) is 6.07 Å². The Hall–Kier alpha value is -3.42. The van der Waals surface area contributed by atoms with Gasteiger partial charge in [0.1, 0.15) is 11.5 Å². The van der Waals surface area contributed by atoms with Gasteiger partial charge >= 0.3 is 5.97 Å². The molecule has 7 nitrogen and oxygen atoms in total. The first kappa shape index (κ1) is 20.3. The van der Waals surface area contributed by atoms with Crippen molar-refractivity contribution < 1.29 is 18.7 Å². The minimum atomic E-state index is -0.470. The van der Waals surface area contributed by atoms with Crippen LogP contribution in [0.4, 0.5) is 4.39 Å². The number of halogens is 1. The highest BCUT2D eigenvalue weighted by molar-refractivity contribution is 6.00. The van der Waals surface area contributed by atoms with Gasteiger partial charge in [0.05, 0.1) is 23.7 Å². The molecule has 0 aliphatic rings. The molecule has 2 heterocycles. The van der Waals surface area contributed by atoms with Crippen LogP contribution in [0.25, 0.3) is 5.69 Å². The molecular weight excluding hydrogens is 375 g/mol. The SMILES string of the molecule is Cc1[nH]c(C(=O)NCc2ccc(-n3ccnc3)c(F)c2)c(C)c1C(=O)OC(C)C. The average Bonchev–Trinajstić information content (AvgIpc) is 3.27. The van der Waals surface area contributed by atoms with Crippen LogP contribution in [0.1, 0.15) is 51.5 Å². The second kappa shape index (κ2) is 8.30. The smallest absolute Gasteiger partial charge is 0.340 e. The summed E-state index contributed by atoms with van der Waals surface area (Å²) in [4.78, 5) is 31.7. The molecule has 8 heteroatoms. The minimum absolute atomic E-state index is 0.142. The van der Waals surface area contributed by atoms with Gasteiger partial charge in [0.25, 0.3) is 5.91 Å². The predicted octanol–water partition coefficient (Wildman–Crippen LogP) is 3.45. The van der Waals surface area contributed by atoms with E-state index in [1.54, 1.807) is 56.8 Å². The van der Waals surface area contributed by atoms with E-state index in [-0.39, 0.29) is 24.2 Å². The van der Waals surface area contributed by atoms with Gasteiger partial charge in [-0.15, -0.1) is 0 Å². The molecule has 0 saturated heterocycles. The van der Waals surface area contributed by atoms with E-state index in [4.69, 9.17) is 4.74 Å². The number of ether oxygens (including phenoxy) is 1. The lowest BCUT2D eigenvalue weighted by Gasteiger charge is -2.09. The van der Waals surface area contributed by atoms with E-state index in [9.17, 15) is 14.0 Å². The van der Waals surface area contributed by atoms with Gasteiger partial charge in [0, 0.05) is 24.6 Å². The van der Waals surface area contributed by atoms with E-state index in [2.05, 4.69) is 15.3 Å². The quantitative estimate of drug-likeness (QED) is 0.623. The van der Waals surface area contributed by atoms with Crippen molar-refractivity contribution in [2.75, 3.05) is 0 Å². The summed E-state index contributed by atoms with van der Waals surface area (Å²) >= 11 is 0. The zero-order chi connectivity index (χ0) is 21.1. The van der Waals surface area contributed by atoms with Crippen LogP contribution in [0.5, 0.6) is 0 Å². The molecule has 1 aromatic carbocycles. The van der Waals surface area contributed by atoms with Crippen molar-refractivity contribution in [2.24, 2.45) is 0 Å². The van der Waals surface area contributed by atoms with Gasteiger partial charge in [-0.05, 0) is 51.0 Å². The van der Waals surface area contributed by atoms with Crippen molar-refractivity contribution in [1.82, 2.24) is 19.9 Å². The number of benzene rings is 1. The zero-order valence-electron chi connectivity index (χ0n) is 16.7. The van der Waals surface area contributed by atoms with Gasteiger partial charge in [0.2, 0.25) is 0 Å². The lowest BCUT2D eigenvalue weighted by molar-refractivity contribution is 0.0376. The van der Waals surface area contributed by atoms with Crippen molar-refractivity contribution in [1.29, 1.82) is 0 Å². The van der Waals surface area contributed by atoms with Crippen LogP contribution in [-0.4, -0.2) is 32.5 Å². The minimum Gasteiger partial charge on any atom is -0.459 e. The molecule has 3 rings (SSSR count). The summed E-state index contributed by atoms with van der Waals surface area (Å²) in [5, 5.41) is 2.75. The number of carbonyl (C=O) groups is 2. The van der Waals surface area contributed by atoms with Crippen LogP contribution >= 0.6 is 0 Å². The molecule has 0 fully saturated rings. The largest absolute Gasteiger partial charge is 0.459 e. The molecule has 0 saturated carbocycles. The molecule has 2 N–H and O–H groups in total. The van der Waals surface area contributed by atoms with Crippen LogP contribution in [0.3, 0.4) is 0 Å². The normalized spacial score (nSPS) is 11.0. The Kier molecular flexibility index (Phi) is 5.81. The fourth-order valence-electron chi connectivity index (χ4n) is 3.10. The maximum Gasteiger partial charge on any atom is 0.340 e. The maximum absolute atomic E-state index is 14.4. The molecule has 29 heavy (non-hydrogen) atoms. The summed E-state index contributed by atoms with van der Waals surface area (Å²) in [6, 6.07) is 4.73. The highest BCUT2D eigenvalue weighted by atomic mass is 19.1. The molecule has 0 radical (unpaired) electrons. The number of imidazole rings is 1. The first-order valence-corrected chi connectivity index (χ1v) is 9.23. The first-order valence-electron chi connectivity index (χ1n) is 9.23. The molecule has 3 aromatic rings. The molecule has 0 aliphatic carbocycles. The summed E-state index contributed by atoms with van der Waals surface area (Å²) in [5.41, 5.74) is 2.72. The summed E-state index contributed by atoms with van der Waals surface area (Å²) in [6.07, 6.45) is 4.48. The standard InChI is InChI=1S/C21H23FN4O3/c1-12(2)29-21(28)18-13(3)19(25-14(18)4)20(27)24-10-15-5-6-17(16(22)9-15)26-8-7-23-11-26/h5-9,11-12,25H,10H2,1-4H3,(H,24,27). The maximum atomic E-state index is 14.4. The van der Waals surface area contributed by atoms with Gasteiger partial charge < -0.3 is 19.6 Å². The van der Waals surface area contributed by atoms with E-state index in [1.165, 1.54) is 12.4 Å². The number of nitrogens with one attached hydrogen (secondary N) is 2. The number of esters is 1. The van der Waals surface area contributed by atoms with Crippen molar-refractivity contribution in [2.45, 2.75) is 40.3 Å². The molecular formula is C21H23FN4O3. The Labute approximate surface area is 167 Å². The average molecular weight is 398 g/mol. The van der Waals surface area contributed by atoms with Crippen molar-refractivity contribution >= 4 is 11.9 Å². The summed E-state index contributed by atoms with van der Waals surface area (Å²) in [7, 11) is 0. The number of nitrogens with zero attached hydrogens (tertiary/aromatic N) is 2. The van der Waals surface area contributed by atoms with Crippen LogP contribution in [0, 0.1) is 19.7 Å². The third-order valence-corrected chi connectivity index (χ3v) is 4.46. The number of amides is 1. The van der Waals surface area contributed by atoms with Gasteiger partial charge in [0.15, 0.2) is 0 Å². The monoisotopic (exact) mass is 398 g/mol. The van der Waals surface area contributed by atoms with E-state index < -0.39 is 11.8 Å². The molecule has 152 valence electrons. The predicted molar refractivity (Wildman–Crippen MR) is 106 cm³/mol. The number of rotatable bonds is 6. The summed E-state index contributed by atoms with van der Waals surface area (Å²) < 4.78 is 21.2. The molecule has 0 aliphatic heterocycles. The third kappa shape index (κ3) is 4.37. The Morgan fingerprint density at radius 1 is 1.31 bits per heavy atom. The number of aromatic nitrogens is 3. The molecule has 0 atom stereocenters. The van der Waals surface area contributed by atoms with Gasteiger partial charge in [-0.2, -0.15) is 0 Å². The number of aryl methyl sites for hydroxylation is 1. The van der Waals surface area contributed by atoms with Crippen LogP contribution < -0.4 is 5.32 Å². The molecule has 0 bridgehead atoms. The second-order valence-corrected chi connectivity index (χ2v) is 7.02. The fraction of sp³-hybridized carbons (Fsp3) is 0.286. The van der Waals surface area contributed by atoms with Gasteiger partial charge in [-0.25, -0.2) is 14.2 Å². The Morgan fingerprint density at radius 3 is 2.69 bits per heavy atom. The Bertz CT molecular complexity index is 1040. The van der Waals surface area contributed by atoms with E-state index in [0.717, 1.165) is 0 Å². The van der Waals surface area contributed by atoms with Crippen molar-refractivity contribution in [3.63, 3.8) is 0 Å². The highest BCUT2D eigenvalue weighted by Crippen LogP contribution is 2.20. The fourth-order valence-corrected chi connectivity index (χ4v) is 3.10. The molecule has 1 amide bonds. The molecule has 2 aromatic heterocycles. The van der Waals surface area contributed by atoms with Gasteiger partial charge in [-0.3, -0.25) is 4.79 Å². The topological polar surface area (TPSA) is 89.0 Å². The van der Waals surface area contributed by atoms with E-state index in [0.29, 0.717) is 28.1 Å². The van der Waals surface area contributed by atoms with Crippen molar-refractivity contribution in [3.8, 4) is 5.69 Å². The van der Waals surface area contributed by atoms with Crippen LogP contribution in [0.15, 0.2) is 36.9 Å². The highest BCUT2D eigenvalue weighted by Gasteiger charge is 2.23. The summed E-state index contributed by atoms with van der Waals surface area (Å²) in [6.45, 7) is 7.07. The lowest BCUT2D eigenvalue weighted by atomic mass is 10.1. The van der Waals surface area contributed by atoms with Crippen molar-refractivity contribution in [3.05, 3.63) is 70.8 Å². The first-order chi connectivity index (χ1) is 13.8. The molecule has 0 unspecified atom stereocenters. The number of hydrogen-bond acceptors (Lipinski definition) is 4. The number of aromatic amines is 1. The lowest BCUT2D eigenvalue weighted by Crippen LogP contribution is -2.24. The van der Waals surface area contributed by atoms with Crippen LogP contribution in [0.2, 0.25) is 0 Å². The van der Waals surface area contributed by atoms with Crippen LogP contribution in [-0.2, 0) is 11.3 Å². The number of carbonyl (C=O) groups excluding carboxylic acids is 2. The van der Waals surface area contributed by atoms with E-state index >= 15 is 0 Å². The third-order valence-electron chi connectivity index (χ3n) is 4.46. The number of H-pyrrole nitrogens is 1. The summed E-state index contributed by atoms with van der Waals surface area (Å²) in [5.74, 6) is -1.27. The second-order valence-electron chi connectivity index (χ2n) is 7.02. The Balaban J connectivity index is 1.71. The number of hydrogen-bond donors (Lipinski definition) is 2. The zero-order valence-corrected chi connectivity index (χ0v) is 16.7. The molecule has 0 spiro atoms.